The van der Waals surface area contributed by atoms with Crippen LogP contribution in [0.2, 0.25) is 0 Å². The molecule has 4 rings (SSSR count). The summed E-state index contributed by atoms with van der Waals surface area (Å²) < 4.78 is 13.2. The van der Waals surface area contributed by atoms with Gasteiger partial charge in [0.1, 0.15) is 29.6 Å². The van der Waals surface area contributed by atoms with Crippen molar-refractivity contribution in [3.63, 3.8) is 0 Å². The number of phenolic OH excluding ortho intramolecular Hbond substituents is 1. The molecule has 1 atom stereocenters. The number of phenols is 1. The van der Waals surface area contributed by atoms with Gasteiger partial charge < -0.3 is 14.6 Å². The molecule has 4 heteroatoms. The molecule has 228 valence electrons. The van der Waals surface area contributed by atoms with Crippen LogP contribution in [0.5, 0.6) is 17.2 Å². The lowest BCUT2D eigenvalue weighted by molar-refractivity contribution is 0.0524. The molecular weight excluding hydrogens is 518 g/mol. The fraction of sp³-hybridized carbons (Fsp3) is 0.526. The number of hydrogen-bond donors (Lipinski definition) is 1. The molecule has 0 saturated heterocycles. The molecule has 2 aliphatic heterocycles. The van der Waals surface area contributed by atoms with Gasteiger partial charge in [-0.05, 0) is 135 Å². The molecule has 0 fully saturated rings. The van der Waals surface area contributed by atoms with E-state index in [1.807, 2.05) is 12.1 Å². The minimum Gasteiger partial charge on any atom is -0.508 e. The third-order valence-corrected chi connectivity index (χ3v) is 9.12. The van der Waals surface area contributed by atoms with Crippen molar-refractivity contribution in [2.75, 3.05) is 13.3 Å². The van der Waals surface area contributed by atoms with Crippen LogP contribution in [-0.2, 0) is 19.4 Å². The van der Waals surface area contributed by atoms with Crippen molar-refractivity contribution in [3.05, 3.63) is 87.0 Å². The second-order valence-corrected chi connectivity index (χ2v) is 13.2. The lowest BCUT2D eigenvalue weighted by atomic mass is 9.84. The number of rotatable bonds is 12. The molecule has 0 bridgehead atoms. The topological polar surface area (TPSA) is 41.9 Å². The predicted molar refractivity (Wildman–Crippen MR) is 176 cm³/mol. The number of benzene rings is 2. The van der Waals surface area contributed by atoms with Crippen LogP contribution in [-0.4, -0.2) is 28.9 Å². The first-order chi connectivity index (χ1) is 20.0. The van der Waals surface area contributed by atoms with Crippen LogP contribution in [0.25, 0.3) is 0 Å². The Balaban J connectivity index is 1.34. The van der Waals surface area contributed by atoms with Crippen LogP contribution in [0.1, 0.15) is 107 Å². The fourth-order valence-electron chi connectivity index (χ4n) is 6.18. The average Bonchev–Trinajstić information content (AvgIpc) is 2.95. The second-order valence-electron chi connectivity index (χ2n) is 13.2. The Morgan fingerprint density at radius 1 is 0.881 bits per heavy atom. The lowest BCUT2D eigenvalue weighted by Crippen LogP contribution is -2.39. The van der Waals surface area contributed by atoms with E-state index in [4.69, 9.17) is 9.47 Å². The van der Waals surface area contributed by atoms with Crippen molar-refractivity contribution >= 4 is 0 Å². The molecule has 1 unspecified atom stereocenters. The van der Waals surface area contributed by atoms with Gasteiger partial charge in [0.2, 0.25) is 0 Å². The summed E-state index contributed by atoms with van der Waals surface area (Å²) in [5, 5.41) is 9.59. The van der Waals surface area contributed by atoms with Gasteiger partial charge >= 0.3 is 0 Å². The quantitative estimate of drug-likeness (QED) is 0.258. The van der Waals surface area contributed by atoms with Crippen LogP contribution >= 0.6 is 0 Å². The van der Waals surface area contributed by atoms with E-state index in [0.717, 1.165) is 82.4 Å². The minimum atomic E-state index is -0.148. The number of hydrogen-bond acceptors (Lipinski definition) is 4. The summed E-state index contributed by atoms with van der Waals surface area (Å²) in [6, 6.07) is 7.53. The number of ether oxygens (including phenoxy) is 2. The zero-order valence-electron chi connectivity index (χ0n) is 27.2. The molecule has 0 amide bonds. The third-order valence-electron chi connectivity index (χ3n) is 9.12. The molecule has 2 heterocycles. The van der Waals surface area contributed by atoms with Crippen LogP contribution in [0, 0.1) is 13.8 Å². The largest absolute Gasteiger partial charge is 0.508 e. The predicted octanol–water partition coefficient (Wildman–Crippen LogP) is 9.69. The standard InChI is InChI=1S/C38H53NO3/c1-27(2)11-8-12-28(3)13-9-14-29(4)15-10-22-38(7)23-20-34-35-25-39(24-21-32-16-18-33(40)19-17-32)26-41-36(35)30(5)31(6)37(34)42-38/h11,13,15-19,40H,8-10,12,14,20-26H2,1-7H3. The molecule has 0 aliphatic carbocycles. The van der Waals surface area contributed by atoms with E-state index >= 15 is 0 Å². The van der Waals surface area contributed by atoms with E-state index in [9.17, 15) is 5.11 Å². The molecule has 1 N–H and O–H groups in total. The van der Waals surface area contributed by atoms with Crippen LogP contribution in [0.3, 0.4) is 0 Å². The summed E-state index contributed by atoms with van der Waals surface area (Å²) in [5.41, 5.74) is 10.6. The summed E-state index contributed by atoms with van der Waals surface area (Å²) in [5.74, 6) is 2.48. The highest BCUT2D eigenvalue weighted by Crippen LogP contribution is 2.46. The molecule has 0 aromatic heterocycles. The van der Waals surface area contributed by atoms with Crippen molar-refractivity contribution in [1.29, 1.82) is 0 Å². The van der Waals surface area contributed by atoms with Crippen LogP contribution in [0.15, 0.2) is 59.2 Å². The maximum atomic E-state index is 9.59. The summed E-state index contributed by atoms with van der Waals surface area (Å²) in [6.07, 6.45) is 16.8. The maximum absolute atomic E-state index is 9.59. The second kappa shape index (κ2) is 14.5. The van der Waals surface area contributed by atoms with Gasteiger partial charge in [-0.25, -0.2) is 0 Å². The van der Waals surface area contributed by atoms with Gasteiger partial charge in [0.15, 0.2) is 0 Å². The first-order valence-electron chi connectivity index (χ1n) is 16.0. The Hall–Kier alpha value is -2.98. The van der Waals surface area contributed by atoms with Crippen molar-refractivity contribution in [1.82, 2.24) is 4.90 Å². The van der Waals surface area contributed by atoms with E-state index in [1.165, 1.54) is 44.5 Å². The molecule has 2 aliphatic rings. The molecule has 2 aromatic carbocycles. The maximum Gasteiger partial charge on any atom is 0.142 e. The molecule has 2 aromatic rings. The first-order valence-corrected chi connectivity index (χ1v) is 16.0. The van der Waals surface area contributed by atoms with Crippen molar-refractivity contribution < 1.29 is 14.6 Å². The number of fused-ring (bicyclic) bond motifs is 3. The minimum absolute atomic E-state index is 0.148. The summed E-state index contributed by atoms with van der Waals surface area (Å²) in [7, 11) is 0. The van der Waals surface area contributed by atoms with Gasteiger partial charge in [0.05, 0.1) is 0 Å². The monoisotopic (exact) mass is 571 g/mol. The Morgan fingerprint density at radius 2 is 1.52 bits per heavy atom. The first kappa shape index (κ1) is 31.9. The number of nitrogens with zero attached hydrogens (tertiary/aromatic N) is 1. The van der Waals surface area contributed by atoms with E-state index in [2.05, 4.69) is 71.6 Å². The zero-order chi connectivity index (χ0) is 30.3. The van der Waals surface area contributed by atoms with E-state index in [0.29, 0.717) is 12.5 Å². The van der Waals surface area contributed by atoms with Crippen LogP contribution < -0.4 is 9.47 Å². The van der Waals surface area contributed by atoms with Gasteiger partial charge in [0, 0.05) is 24.2 Å². The van der Waals surface area contributed by atoms with Crippen molar-refractivity contribution in [3.8, 4) is 17.2 Å². The van der Waals surface area contributed by atoms with Crippen LogP contribution in [0.4, 0.5) is 0 Å². The van der Waals surface area contributed by atoms with Crippen molar-refractivity contribution in [2.45, 2.75) is 118 Å². The third kappa shape index (κ3) is 8.53. The average molecular weight is 572 g/mol. The smallest absolute Gasteiger partial charge is 0.142 e. The molecule has 0 radical (unpaired) electrons. The molecule has 42 heavy (non-hydrogen) atoms. The van der Waals surface area contributed by atoms with Gasteiger partial charge in [-0.15, -0.1) is 0 Å². The van der Waals surface area contributed by atoms with Gasteiger partial charge in [0.25, 0.3) is 0 Å². The highest BCUT2D eigenvalue weighted by molar-refractivity contribution is 5.60. The highest BCUT2D eigenvalue weighted by Gasteiger charge is 2.36. The Bertz CT molecular complexity index is 1310. The van der Waals surface area contributed by atoms with E-state index in [1.54, 1.807) is 12.1 Å². The molecule has 0 spiro atoms. The van der Waals surface area contributed by atoms with Gasteiger partial charge in [-0.2, -0.15) is 0 Å². The van der Waals surface area contributed by atoms with E-state index < -0.39 is 0 Å². The summed E-state index contributed by atoms with van der Waals surface area (Å²) in [4.78, 5) is 2.38. The SMILES string of the molecule is CC(C)=CCCC(C)=CCCC(C)=CCCC1(C)CCc2c3c(c(C)c(C)c2O1)OCN(CCc1ccc(O)cc1)C3. The fourth-order valence-corrected chi connectivity index (χ4v) is 6.18. The van der Waals surface area contributed by atoms with Gasteiger partial charge in [-0.3, -0.25) is 4.90 Å². The number of allylic oxidation sites excluding steroid dienone is 6. The summed E-state index contributed by atoms with van der Waals surface area (Å²) >= 11 is 0. The molecule has 0 saturated carbocycles. The zero-order valence-corrected chi connectivity index (χ0v) is 27.2. The lowest BCUT2D eigenvalue weighted by Gasteiger charge is -2.40. The van der Waals surface area contributed by atoms with Gasteiger partial charge in [-0.1, -0.05) is 47.1 Å². The molecule has 4 nitrogen and oxygen atoms in total. The van der Waals surface area contributed by atoms with E-state index in [-0.39, 0.29) is 5.60 Å². The Labute approximate surface area is 255 Å². The Morgan fingerprint density at radius 3 is 2.21 bits per heavy atom. The number of aromatic hydroxyl groups is 1. The molecular formula is C38H53NO3. The normalized spacial score (nSPS) is 19.0. The summed E-state index contributed by atoms with van der Waals surface area (Å²) in [6.45, 7) is 18.0. The Kier molecular flexibility index (Phi) is 11.0. The van der Waals surface area contributed by atoms with Crippen molar-refractivity contribution in [2.24, 2.45) is 0 Å². The highest BCUT2D eigenvalue weighted by atomic mass is 16.5.